The highest BCUT2D eigenvalue weighted by Gasteiger charge is 2.46. The van der Waals surface area contributed by atoms with E-state index in [1.807, 2.05) is 13.8 Å². The van der Waals surface area contributed by atoms with Crippen molar-refractivity contribution in [3.05, 3.63) is 0 Å². The topological polar surface area (TPSA) is 57.5 Å². The summed E-state index contributed by atoms with van der Waals surface area (Å²) >= 11 is 0. The third kappa shape index (κ3) is 1.85. The van der Waals surface area contributed by atoms with E-state index in [2.05, 4.69) is 0 Å². The van der Waals surface area contributed by atoms with Gasteiger partial charge in [-0.2, -0.15) is 0 Å². The molecule has 2 unspecified atom stereocenters. The van der Waals surface area contributed by atoms with Crippen molar-refractivity contribution < 1.29 is 15.0 Å². The van der Waals surface area contributed by atoms with Gasteiger partial charge in [-0.05, 0) is 25.2 Å². The second-order valence-electron chi connectivity index (χ2n) is 4.33. The van der Waals surface area contributed by atoms with E-state index in [1.165, 1.54) is 0 Å². The van der Waals surface area contributed by atoms with Gasteiger partial charge in [-0.15, -0.1) is 0 Å². The van der Waals surface area contributed by atoms with Gasteiger partial charge in [-0.3, -0.25) is 0 Å². The minimum absolute atomic E-state index is 0.0845. The Hall–Kier alpha value is -0.570. The average Bonchev–Trinajstić information content (AvgIpc) is 2.04. The van der Waals surface area contributed by atoms with Gasteiger partial charge in [0.2, 0.25) is 0 Å². The Labute approximate surface area is 78.8 Å². The van der Waals surface area contributed by atoms with E-state index in [9.17, 15) is 9.90 Å². The van der Waals surface area contributed by atoms with E-state index >= 15 is 0 Å². The van der Waals surface area contributed by atoms with E-state index in [0.717, 1.165) is 19.3 Å². The van der Waals surface area contributed by atoms with Crippen LogP contribution in [0.1, 0.15) is 39.5 Å². The van der Waals surface area contributed by atoms with E-state index in [4.69, 9.17) is 5.11 Å². The van der Waals surface area contributed by atoms with E-state index < -0.39 is 11.6 Å². The van der Waals surface area contributed by atoms with E-state index in [1.54, 1.807) is 0 Å². The predicted molar refractivity (Wildman–Crippen MR) is 49.4 cm³/mol. The van der Waals surface area contributed by atoms with E-state index in [0.29, 0.717) is 6.42 Å². The third-order valence-electron chi connectivity index (χ3n) is 3.11. The fourth-order valence-corrected chi connectivity index (χ4v) is 2.33. The van der Waals surface area contributed by atoms with Crippen molar-refractivity contribution in [1.29, 1.82) is 0 Å². The maximum Gasteiger partial charge on any atom is 0.335 e. The molecular formula is C10H18O3. The highest BCUT2D eigenvalue weighted by atomic mass is 16.4. The van der Waals surface area contributed by atoms with Gasteiger partial charge in [0.15, 0.2) is 5.60 Å². The molecular weight excluding hydrogens is 168 g/mol. The molecule has 0 amide bonds. The maximum absolute atomic E-state index is 10.9. The molecule has 0 aromatic rings. The molecule has 0 spiro atoms. The Balaban J connectivity index is 2.83. The molecule has 0 aliphatic heterocycles. The molecule has 1 aliphatic rings. The van der Waals surface area contributed by atoms with Crippen LogP contribution in [-0.2, 0) is 4.79 Å². The fraction of sp³-hybridized carbons (Fsp3) is 0.900. The van der Waals surface area contributed by atoms with Crippen LogP contribution in [0.5, 0.6) is 0 Å². The zero-order valence-electron chi connectivity index (χ0n) is 8.29. The fourth-order valence-electron chi connectivity index (χ4n) is 2.33. The Morgan fingerprint density at radius 3 is 2.46 bits per heavy atom. The van der Waals surface area contributed by atoms with Crippen molar-refractivity contribution in [2.75, 3.05) is 0 Å². The molecule has 0 saturated heterocycles. The molecule has 1 saturated carbocycles. The summed E-state index contributed by atoms with van der Waals surface area (Å²) < 4.78 is 0. The zero-order chi connectivity index (χ0) is 10.1. The van der Waals surface area contributed by atoms with Gasteiger partial charge in [-0.25, -0.2) is 4.79 Å². The van der Waals surface area contributed by atoms with E-state index in [-0.39, 0.29) is 11.8 Å². The Kier molecular flexibility index (Phi) is 2.96. The number of hydrogen-bond acceptors (Lipinski definition) is 2. The lowest BCUT2D eigenvalue weighted by atomic mass is 9.70. The largest absolute Gasteiger partial charge is 0.479 e. The first-order chi connectivity index (χ1) is 5.98. The summed E-state index contributed by atoms with van der Waals surface area (Å²) in [6.07, 6.45) is 3.11. The van der Waals surface area contributed by atoms with Gasteiger partial charge in [0.05, 0.1) is 0 Å². The molecule has 76 valence electrons. The molecule has 1 aliphatic carbocycles. The predicted octanol–water partition coefficient (Wildman–Crippen LogP) is 1.65. The van der Waals surface area contributed by atoms with Gasteiger partial charge in [0.25, 0.3) is 0 Å². The van der Waals surface area contributed by atoms with Crippen LogP contribution >= 0.6 is 0 Å². The Morgan fingerprint density at radius 1 is 1.46 bits per heavy atom. The van der Waals surface area contributed by atoms with Crippen molar-refractivity contribution in [2.24, 2.45) is 11.8 Å². The number of aliphatic hydroxyl groups is 1. The number of carboxylic acids is 1. The summed E-state index contributed by atoms with van der Waals surface area (Å²) in [6.45, 7) is 3.95. The summed E-state index contributed by atoms with van der Waals surface area (Å²) in [7, 11) is 0. The first kappa shape index (κ1) is 10.5. The molecule has 0 radical (unpaired) electrons. The van der Waals surface area contributed by atoms with Crippen LogP contribution in [0.3, 0.4) is 0 Å². The lowest BCUT2D eigenvalue weighted by Crippen LogP contribution is -2.49. The molecule has 2 atom stereocenters. The molecule has 1 rings (SSSR count). The zero-order valence-corrected chi connectivity index (χ0v) is 8.29. The van der Waals surface area contributed by atoms with Crippen LogP contribution in [0.15, 0.2) is 0 Å². The monoisotopic (exact) mass is 186 g/mol. The normalized spacial score (nSPS) is 34.9. The van der Waals surface area contributed by atoms with Crippen molar-refractivity contribution >= 4 is 5.97 Å². The second-order valence-corrected chi connectivity index (χ2v) is 4.33. The van der Waals surface area contributed by atoms with Crippen LogP contribution in [0.2, 0.25) is 0 Å². The summed E-state index contributed by atoms with van der Waals surface area (Å²) in [5.74, 6) is -0.897. The SMILES string of the molecule is CC(C)C1CCCCC1(O)C(=O)O. The Bertz CT molecular complexity index is 200. The molecule has 1 fully saturated rings. The van der Waals surface area contributed by atoms with Gasteiger partial charge in [0.1, 0.15) is 0 Å². The van der Waals surface area contributed by atoms with Crippen LogP contribution in [0, 0.1) is 11.8 Å². The molecule has 13 heavy (non-hydrogen) atoms. The van der Waals surface area contributed by atoms with Crippen molar-refractivity contribution in [3.63, 3.8) is 0 Å². The second kappa shape index (κ2) is 3.66. The highest BCUT2D eigenvalue weighted by Crippen LogP contribution is 2.38. The molecule has 3 heteroatoms. The third-order valence-corrected chi connectivity index (χ3v) is 3.11. The molecule has 0 aromatic heterocycles. The lowest BCUT2D eigenvalue weighted by Gasteiger charge is -2.38. The van der Waals surface area contributed by atoms with Crippen molar-refractivity contribution in [1.82, 2.24) is 0 Å². The smallest absolute Gasteiger partial charge is 0.335 e. The molecule has 3 nitrogen and oxygen atoms in total. The molecule has 0 aromatic carbocycles. The van der Waals surface area contributed by atoms with Crippen LogP contribution < -0.4 is 0 Å². The van der Waals surface area contributed by atoms with Gasteiger partial charge in [-0.1, -0.05) is 20.3 Å². The van der Waals surface area contributed by atoms with Gasteiger partial charge in [0, 0.05) is 5.92 Å². The first-order valence-electron chi connectivity index (χ1n) is 4.94. The minimum atomic E-state index is -1.47. The quantitative estimate of drug-likeness (QED) is 0.689. The van der Waals surface area contributed by atoms with Gasteiger partial charge < -0.3 is 10.2 Å². The molecule has 2 N–H and O–H groups in total. The summed E-state index contributed by atoms with van der Waals surface area (Å²) in [5.41, 5.74) is -1.47. The summed E-state index contributed by atoms with van der Waals surface area (Å²) in [4.78, 5) is 10.9. The summed E-state index contributed by atoms with van der Waals surface area (Å²) in [6, 6.07) is 0. The molecule has 0 bridgehead atoms. The van der Waals surface area contributed by atoms with Crippen LogP contribution in [0.25, 0.3) is 0 Å². The highest BCUT2D eigenvalue weighted by molar-refractivity contribution is 5.77. The molecule has 0 heterocycles. The number of carbonyl (C=O) groups is 1. The Morgan fingerprint density at radius 2 is 2.08 bits per heavy atom. The van der Waals surface area contributed by atoms with Crippen molar-refractivity contribution in [3.8, 4) is 0 Å². The average molecular weight is 186 g/mol. The first-order valence-corrected chi connectivity index (χ1v) is 4.94. The maximum atomic E-state index is 10.9. The van der Waals surface area contributed by atoms with Crippen LogP contribution in [-0.4, -0.2) is 21.8 Å². The van der Waals surface area contributed by atoms with Crippen LogP contribution in [0.4, 0.5) is 0 Å². The number of hydrogen-bond donors (Lipinski definition) is 2. The van der Waals surface area contributed by atoms with Crippen molar-refractivity contribution in [2.45, 2.75) is 45.1 Å². The lowest BCUT2D eigenvalue weighted by molar-refractivity contribution is -0.171. The number of carboxylic acid groups (broad SMARTS) is 1. The number of rotatable bonds is 2. The minimum Gasteiger partial charge on any atom is -0.479 e. The van der Waals surface area contributed by atoms with Gasteiger partial charge >= 0.3 is 5.97 Å². The summed E-state index contributed by atoms with van der Waals surface area (Å²) in [5, 5.41) is 18.9. The number of aliphatic carboxylic acids is 1. The standard InChI is InChI=1S/C10H18O3/c1-7(2)8-5-3-4-6-10(8,13)9(11)12/h7-8,13H,3-6H2,1-2H3,(H,11,12).